The number of amides is 1. The van der Waals surface area contributed by atoms with E-state index in [-0.39, 0.29) is 11.9 Å². The molecule has 0 aliphatic carbocycles. The van der Waals surface area contributed by atoms with E-state index in [4.69, 9.17) is 5.11 Å². The zero-order valence-corrected chi connectivity index (χ0v) is 9.88. The summed E-state index contributed by atoms with van der Waals surface area (Å²) < 4.78 is 0. The lowest BCUT2D eigenvalue weighted by Gasteiger charge is -2.12. The summed E-state index contributed by atoms with van der Waals surface area (Å²) in [6.07, 6.45) is 0.490. The van der Waals surface area contributed by atoms with Gasteiger partial charge in [-0.2, -0.15) is 0 Å². The monoisotopic (exact) mass is 227 g/mol. The smallest absolute Gasteiger partial charge is 0.220 e. The van der Waals surface area contributed by atoms with Gasteiger partial charge in [0.1, 0.15) is 0 Å². The molecule has 1 aromatic heterocycles. The molecule has 0 radical (unpaired) electrons. The normalized spacial score (nSPS) is 14.6. The van der Waals surface area contributed by atoms with Crippen molar-refractivity contribution in [1.82, 2.24) is 5.32 Å². The SMILES string of the molecule is CC(O)CCC(=O)N[C@H](C)c1cccs1. The molecule has 2 N–H and O–H groups in total. The van der Waals surface area contributed by atoms with Gasteiger partial charge in [0.2, 0.25) is 5.91 Å². The van der Waals surface area contributed by atoms with Gasteiger partial charge in [-0.05, 0) is 31.7 Å². The first-order valence-electron chi connectivity index (χ1n) is 5.10. The molecule has 0 saturated heterocycles. The van der Waals surface area contributed by atoms with Gasteiger partial charge >= 0.3 is 0 Å². The van der Waals surface area contributed by atoms with Crippen LogP contribution in [0.3, 0.4) is 0 Å². The molecule has 1 heterocycles. The molecule has 2 atom stereocenters. The van der Waals surface area contributed by atoms with E-state index in [1.54, 1.807) is 18.3 Å². The van der Waals surface area contributed by atoms with Crippen LogP contribution in [0.5, 0.6) is 0 Å². The summed E-state index contributed by atoms with van der Waals surface area (Å²) in [5, 5.41) is 13.9. The van der Waals surface area contributed by atoms with E-state index in [1.807, 2.05) is 24.4 Å². The van der Waals surface area contributed by atoms with E-state index < -0.39 is 6.10 Å². The van der Waals surface area contributed by atoms with Crippen LogP contribution >= 0.6 is 11.3 Å². The van der Waals surface area contributed by atoms with Crippen LogP contribution < -0.4 is 5.32 Å². The third-order valence-electron chi connectivity index (χ3n) is 2.14. The molecule has 1 unspecified atom stereocenters. The molecule has 0 aromatic carbocycles. The molecule has 0 spiro atoms. The average Bonchev–Trinajstić information content (AvgIpc) is 2.67. The minimum absolute atomic E-state index is 0.00296. The Bertz CT molecular complexity index is 296. The predicted molar refractivity (Wildman–Crippen MR) is 61.8 cm³/mol. The Kier molecular flexibility index (Phi) is 4.78. The van der Waals surface area contributed by atoms with Gasteiger partial charge in [-0.15, -0.1) is 11.3 Å². The summed E-state index contributed by atoms with van der Waals surface area (Å²) in [4.78, 5) is 12.6. The number of aliphatic hydroxyl groups is 1. The molecular formula is C11H17NO2S. The average molecular weight is 227 g/mol. The lowest BCUT2D eigenvalue weighted by atomic mass is 10.2. The van der Waals surface area contributed by atoms with Gasteiger partial charge in [-0.1, -0.05) is 6.07 Å². The highest BCUT2D eigenvalue weighted by atomic mass is 32.1. The molecule has 4 heteroatoms. The second-order valence-corrected chi connectivity index (χ2v) is 4.67. The van der Waals surface area contributed by atoms with Crippen molar-refractivity contribution in [3.8, 4) is 0 Å². The van der Waals surface area contributed by atoms with E-state index >= 15 is 0 Å². The number of nitrogens with one attached hydrogen (secondary N) is 1. The summed E-state index contributed by atoms with van der Waals surface area (Å²) in [5.74, 6) is -0.00296. The zero-order valence-electron chi connectivity index (χ0n) is 9.06. The fourth-order valence-corrected chi connectivity index (χ4v) is 2.00. The van der Waals surface area contributed by atoms with Crippen molar-refractivity contribution in [2.75, 3.05) is 0 Å². The van der Waals surface area contributed by atoms with Gasteiger partial charge in [0.05, 0.1) is 12.1 Å². The van der Waals surface area contributed by atoms with Crippen molar-refractivity contribution in [3.05, 3.63) is 22.4 Å². The molecule has 1 amide bonds. The van der Waals surface area contributed by atoms with Gasteiger partial charge in [0.25, 0.3) is 0 Å². The first kappa shape index (κ1) is 12.2. The molecule has 0 saturated carbocycles. The fraction of sp³-hybridized carbons (Fsp3) is 0.545. The molecule has 0 aliphatic heterocycles. The van der Waals surface area contributed by atoms with E-state index in [0.717, 1.165) is 4.88 Å². The maximum Gasteiger partial charge on any atom is 0.220 e. The number of rotatable bonds is 5. The number of aliphatic hydroxyl groups excluding tert-OH is 1. The van der Waals surface area contributed by atoms with Crippen LogP contribution in [0.15, 0.2) is 17.5 Å². The topological polar surface area (TPSA) is 49.3 Å². The van der Waals surface area contributed by atoms with Crippen LogP contribution in [0.2, 0.25) is 0 Å². The summed E-state index contributed by atoms with van der Waals surface area (Å²) in [6, 6.07) is 4.04. The van der Waals surface area contributed by atoms with Gasteiger partial charge in [0, 0.05) is 11.3 Å². The lowest BCUT2D eigenvalue weighted by Crippen LogP contribution is -2.26. The van der Waals surface area contributed by atoms with Crippen LogP contribution in [0.4, 0.5) is 0 Å². The molecule has 1 rings (SSSR count). The van der Waals surface area contributed by atoms with Crippen molar-refractivity contribution in [2.24, 2.45) is 0 Å². The minimum atomic E-state index is -0.409. The van der Waals surface area contributed by atoms with E-state index in [0.29, 0.717) is 12.8 Å². The van der Waals surface area contributed by atoms with Crippen molar-refractivity contribution >= 4 is 17.2 Å². The molecule has 15 heavy (non-hydrogen) atoms. The second-order valence-electron chi connectivity index (χ2n) is 3.69. The number of thiophene rings is 1. The van der Waals surface area contributed by atoms with E-state index in [9.17, 15) is 4.79 Å². The Labute approximate surface area is 94.1 Å². The minimum Gasteiger partial charge on any atom is -0.393 e. The van der Waals surface area contributed by atoms with Crippen molar-refractivity contribution < 1.29 is 9.90 Å². The third kappa shape index (κ3) is 4.44. The lowest BCUT2D eigenvalue weighted by molar-refractivity contribution is -0.122. The Balaban J connectivity index is 2.32. The standard InChI is InChI=1S/C11H17NO2S/c1-8(13)5-6-11(14)12-9(2)10-4-3-7-15-10/h3-4,7-9,13H,5-6H2,1-2H3,(H,12,14)/t8?,9-/m1/s1. The molecule has 0 bridgehead atoms. The second kappa shape index (κ2) is 5.88. The Morgan fingerprint density at radius 2 is 2.33 bits per heavy atom. The van der Waals surface area contributed by atoms with Crippen molar-refractivity contribution in [2.45, 2.75) is 38.8 Å². The Hall–Kier alpha value is -0.870. The van der Waals surface area contributed by atoms with Gasteiger partial charge in [-0.25, -0.2) is 0 Å². The molecular weight excluding hydrogens is 210 g/mol. The summed E-state index contributed by atoms with van der Waals surface area (Å²) >= 11 is 1.63. The number of carbonyl (C=O) groups is 1. The highest BCUT2D eigenvalue weighted by molar-refractivity contribution is 7.10. The van der Waals surface area contributed by atoms with E-state index in [1.165, 1.54) is 0 Å². The van der Waals surface area contributed by atoms with Crippen LogP contribution in [-0.2, 0) is 4.79 Å². The predicted octanol–water partition coefficient (Wildman–Crippen LogP) is 2.09. The molecule has 3 nitrogen and oxygen atoms in total. The summed E-state index contributed by atoms with van der Waals surface area (Å²) in [6.45, 7) is 3.65. The summed E-state index contributed by atoms with van der Waals surface area (Å²) in [5.41, 5.74) is 0. The molecule has 1 aromatic rings. The Morgan fingerprint density at radius 3 is 2.87 bits per heavy atom. The molecule has 84 valence electrons. The molecule has 0 fully saturated rings. The van der Waals surface area contributed by atoms with Gasteiger partial charge < -0.3 is 10.4 Å². The largest absolute Gasteiger partial charge is 0.393 e. The zero-order chi connectivity index (χ0) is 11.3. The quantitative estimate of drug-likeness (QED) is 0.809. The maximum absolute atomic E-state index is 11.4. The van der Waals surface area contributed by atoms with Gasteiger partial charge in [0.15, 0.2) is 0 Å². The van der Waals surface area contributed by atoms with Crippen molar-refractivity contribution in [3.63, 3.8) is 0 Å². The maximum atomic E-state index is 11.4. The van der Waals surface area contributed by atoms with Crippen molar-refractivity contribution in [1.29, 1.82) is 0 Å². The first-order valence-corrected chi connectivity index (χ1v) is 5.98. The number of hydrogen-bond donors (Lipinski definition) is 2. The third-order valence-corrected chi connectivity index (χ3v) is 3.19. The fourth-order valence-electron chi connectivity index (χ4n) is 1.26. The van der Waals surface area contributed by atoms with Crippen LogP contribution in [0.1, 0.15) is 37.6 Å². The van der Waals surface area contributed by atoms with Crippen LogP contribution in [0, 0.1) is 0 Å². The first-order chi connectivity index (χ1) is 7.09. The number of hydrogen-bond acceptors (Lipinski definition) is 3. The van der Waals surface area contributed by atoms with Crippen LogP contribution in [-0.4, -0.2) is 17.1 Å². The highest BCUT2D eigenvalue weighted by Gasteiger charge is 2.10. The van der Waals surface area contributed by atoms with Gasteiger partial charge in [-0.3, -0.25) is 4.79 Å². The number of carbonyl (C=O) groups excluding carboxylic acids is 1. The molecule has 0 aliphatic rings. The van der Waals surface area contributed by atoms with E-state index in [2.05, 4.69) is 5.32 Å². The van der Waals surface area contributed by atoms with Crippen LogP contribution in [0.25, 0.3) is 0 Å². The highest BCUT2D eigenvalue weighted by Crippen LogP contribution is 2.18. The summed E-state index contributed by atoms with van der Waals surface area (Å²) in [7, 11) is 0. The Morgan fingerprint density at radius 1 is 1.60 bits per heavy atom.